The van der Waals surface area contributed by atoms with Crippen molar-refractivity contribution in [3.8, 4) is 11.4 Å². The minimum atomic E-state index is -0.338. The predicted molar refractivity (Wildman–Crippen MR) is 138 cm³/mol. The van der Waals surface area contributed by atoms with Crippen molar-refractivity contribution in [1.82, 2.24) is 15.0 Å². The molecule has 0 spiro atoms. The van der Waals surface area contributed by atoms with Crippen LogP contribution in [0.3, 0.4) is 0 Å². The number of pyridine rings is 1. The van der Waals surface area contributed by atoms with E-state index in [-0.39, 0.29) is 23.8 Å². The number of aliphatic hydroxyl groups excluding tert-OH is 1. The molecule has 2 amide bonds. The first-order chi connectivity index (χ1) is 16.9. The van der Waals surface area contributed by atoms with Crippen molar-refractivity contribution in [2.45, 2.75) is 38.7 Å². The first kappa shape index (κ1) is 24.1. The summed E-state index contributed by atoms with van der Waals surface area (Å²) >= 11 is 0. The number of rotatable bonds is 7. The maximum Gasteiger partial charge on any atom is 0.256 e. The number of imidazole rings is 1. The lowest BCUT2D eigenvalue weighted by Crippen LogP contribution is -2.28. The Hall–Kier alpha value is -4.04. The lowest BCUT2D eigenvalue weighted by Gasteiger charge is -2.24. The number of H-pyrrole nitrogens is 1. The Morgan fingerprint density at radius 1 is 1.11 bits per heavy atom. The highest BCUT2D eigenvalue weighted by Gasteiger charge is 2.25. The van der Waals surface area contributed by atoms with Crippen LogP contribution in [0, 0.1) is 5.92 Å². The molecule has 2 aromatic heterocycles. The molecule has 1 aromatic carbocycles. The van der Waals surface area contributed by atoms with E-state index >= 15 is 0 Å². The van der Waals surface area contributed by atoms with Crippen molar-refractivity contribution in [3.63, 3.8) is 0 Å². The quantitative estimate of drug-likeness (QED) is 0.293. The van der Waals surface area contributed by atoms with Gasteiger partial charge in [0.15, 0.2) is 0 Å². The number of benzene rings is 1. The van der Waals surface area contributed by atoms with Crippen LogP contribution in [0.2, 0.25) is 0 Å². The van der Waals surface area contributed by atoms with Gasteiger partial charge in [-0.3, -0.25) is 9.59 Å². The molecular weight excluding hydrogens is 442 g/mol. The van der Waals surface area contributed by atoms with E-state index < -0.39 is 0 Å². The number of aromatic nitrogens is 3. The first-order valence-corrected chi connectivity index (χ1v) is 11.7. The van der Waals surface area contributed by atoms with Crippen molar-refractivity contribution in [3.05, 3.63) is 73.0 Å². The second-order valence-corrected chi connectivity index (χ2v) is 8.61. The lowest BCUT2D eigenvalue weighted by molar-refractivity contribution is -0.121. The van der Waals surface area contributed by atoms with Crippen molar-refractivity contribution in [2.24, 2.45) is 5.92 Å². The van der Waals surface area contributed by atoms with Crippen LogP contribution in [-0.2, 0) is 9.59 Å². The third kappa shape index (κ3) is 6.10. The summed E-state index contributed by atoms with van der Waals surface area (Å²) in [6.45, 7) is 5.66. The normalized spacial score (nSPS) is 18.2. The Balaban J connectivity index is 1.41. The van der Waals surface area contributed by atoms with Gasteiger partial charge in [0.2, 0.25) is 5.91 Å². The molecule has 0 atom stereocenters. The number of allylic oxidation sites excluding steroid dienone is 3. The summed E-state index contributed by atoms with van der Waals surface area (Å²) in [7, 11) is 0. The van der Waals surface area contributed by atoms with Gasteiger partial charge in [0.1, 0.15) is 11.6 Å². The van der Waals surface area contributed by atoms with E-state index in [2.05, 4.69) is 32.2 Å². The van der Waals surface area contributed by atoms with E-state index in [0.717, 1.165) is 16.8 Å². The van der Waals surface area contributed by atoms with Gasteiger partial charge in [0.05, 0.1) is 23.3 Å². The van der Waals surface area contributed by atoms with E-state index in [1.165, 1.54) is 0 Å². The highest BCUT2D eigenvalue weighted by molar-refractivity contribution is 6.05. The topological polar surface area (TPSA) is 120 Å². The second-order valence-electron chi connectivity index (χ2n) is 8.61. The van der Waals surface area contributed by atoms with Gasteiger partial charge in [-0.1, -0.05) is 30.9 Å². The number of anilines is 2. The third-order valence-electron chi connectivity index (χ3n) is 6.00. The molecule has 0 saturated heterocycles. The van der Waals surface area contributed by atoms with Gasteiger partial charge >= 0.3 is 0 Å². The number of aliphatic hydroxyl groups is 1. The van der Waals surface area contributed by atoms with Crippen LogP contribution in [-0.4, -0.2) is 38.0 Å². The summed E-state index contributed by atoms with van der Waals surface area (Å²) in [5.41, 5.74) is 3.30. The molecule has 0 bridgehead atoms. The molecule has 1 aliphatic rings. The fraction of sp³-hybridized carbons (Fsp3) is 0.259. The van der Waals surface area contributed by atoms with Crippen molar-refractivity contribution >= 4 is 34.4 Å². The molecule has 1 saturated carbocycles. The second kappa shape index (κ2) is 10.9. The Morgan fingerprint density at radius 3 is 2.57 bits per heavy atom. The molecule has 35 heavy (non-hydrogen) atoms. The van der Waals surface area contributed by atoms with E-state index in [1.54, 1.807) is 24.4 Å². The van der Waals surface area contributed by atoms with E-state index in [0.29, 0.717) is 48.4 Å². The van der Waals surface area contributed by atoms with E-state index in [1.807, 2.05) is 43.3 Å². The molecule has 2 heterocycles. The maximum atomic E-state index is 12.5. The molecule has 3 aromatic rings. The minimum Gasteiger partial charge on any atom is -0.393 e. The van der Waals surface area contributed by atoms with Gasteiger partial charge in [0.25, 0.3) is 5.91 Å². The average Bonchev–Trinajstić information content (AvgIpc) is 3.28. The average molecular weight is 472 g/mol. The van der Waals surface area contributed by atoms with Crippen LogP contribution in [0.4, 0.5) is 11.5 Å². The smallest absolute Gasteiger partial charge is 0.256 e. The summed E-state index contributed by atoms with van der Waals surface area (Å²) in [5, 5.41) is 15.3. The fourth-order valence-electron chi connectivity index (χ4n) is 3.96. The SMILES string of the molecule is C=C(/C=C\C=C/C)C(=O)Nc1cc2nc(-c3ccc(NC(=O)C4CCC(O)CC4)cc3)[nH]c2cn1. The highest BCUT2D eigenvalue weighted by Crippen LogP contribution is 2.27. The molecule has 4 rings (SSSR count). The zero-order chi connectivity index (χ0) is 24.8. The number of amides is 2. The molecule has 1 fully saturated rings. The van der Waals surface area contributed by atoms with E-state index in [9.17, 15) is 14.7 Å². The minimum absolute atomic E-state index is 0.00552. The monoisotopic (exact) mass is 471 g/mol. The first-order valence-electron chi connectivity index (χ1n) is 11.7. The molecular formula is C27H29N5O3. The number of carbonyl (C=O) groups excluding carboxylic acids is 2. The van der Waals surface area contributed by atoms with Crippen molar-refractivity contribution in [2.75, 3.05) is 10.6 Å². The summed E-state index contributed by atoms with van der Waals surface area (Å²) in [4.78, 5) is 36.9. The molecule has 0 aliphatic heterocycles. The zero-order valence-electron chi connectivity index (χ0n) is 19.6. The molecule has 8 heteroatoms. The Bertz CT molecular complexity index is 1280. The fourth-order valence-corrected chi connectivity index (χ4v) is 3.96. The summed E-state index contributed by atoms with van der Waals surface area (Å²) in [6, 6.07) is 9.15. The number of nitrogens with zero attached hydrogens (tertiary/aromatic N) is 2. The van der Waals surface area contributed by atoms with Gasteiger partial charge in [0, 0.05) is 28.8 Å². The van der Waals surface area contributed by atoms with E-state index in [4.69, 9.17) is 0 Å². The Labute approximate surface area is 203 Å². The molecule has 1 aliphatic carbocycles. The summed E-state index contributed by atoms with van der Waals surface area (Å²) in [6.07, 6.45) is 11.2. The molecule has 0 unspecified atom stereocenters. The maximum absolute atomic E-state index is 12.5. The van der Waals surface area contributed by atoms with Gasteiger partial charge in [-0.25, -0.2) is 9.97 Å². The molecule has 180 valence electrons. The van der Waals surface area contributed by atoms with Crippen LogP contribution in [0.1, 0.15) is 32.6 Å². The van der Waals surface area contributed by atoms with Crippen LogP contribution in [0.5, 0.6) is 0 Å². The summed E-state index contributed by atoms with van der Waals surface area (Å²) in [5.74, 6) is 0.638. The number of carbonyl (C=O) groups is 2. The Morgan fingerprint density at radius 2 is 1.86 bits per heavy atom. The van der Waals surface area contributed by atoms with Gasteiger partial charge in [-0.05, 0) is 56.9 Å². The largest absolute Gasteiger partial charge is 0.393 e. The number of hydrogen-bond acceptors (Lipinski definition) is 5. The molecule has 8 nitrogen and oxygen atoms in total. The van der Waals surface area contributed by atoms with Gasteiger partial charge < -0.3 is 20.7 Å². The highest BCUT2D eigenvalue weighted by atomic mass is 16.3. The number of hydrogen-bond donors (Lipinski definition) is 4. The van der Waals surface area contributed by atoms with Crippen LogP contribution in [0.15, 0.2) is 73.0 Å². The lowest BCUT2D eigenvalue weighted by atomic mass is 9.87. The Kier molecular flexibility index (Phi) is 7.52. The molecule has 0 radical (unpaired) electrons. The summed E-state index contributed by atoms with van der Waals surface area (Å²) < 4.78 is 0. The number of fused-ring (bicyclic) bond motifs is 1. The van der Waals surface area contributed by atoms with Crippen molar-refractivity contribution < 1.29 is 14.7 Å². The third-order valence-corrected chi connectivity index (χ3v) is 6.00. The van der Waals surface area contributed by atoms with Gasteiger partial charge in [-0.2, -0.15) is 0 Å². The van der Waals surface area contributed by atoms with Crippen LogP contribution < -0.4 is 10.6 Å². The van der Waals surface area contributed by atoms with Gasteiger partial charge in [-0.15, -0.1) is 0 Å². The number of aromatic amines is 1. The van der Waals surface area contributed by atoms with Crippen LogP contribution in [0.25, 0.3) is 22.4 Å². The predicted octanol–water partition coefficient (Wildman–Crippen LogP) is 4.74. The zero-order valence-corrected chi connectivity index (χ0v) is 19.6. The number of nitrogens with one attached hydrogen (secondary N) is 3. The van der Waals surface area contributed by atoms with Crippen LogP contribution >= 0.6 is 0 Å². The van der Waals surface area contributed by atoms with Crippen molar-refractivity contribution in [1.29, 1.82) is 0 Å². The standard InChI is InChI=1S/C27H29N5O3/c1-3-4-5-6-17(2)26(34)32-24-15-22-23(16-28-24)31-25(30-22)18-7-11-20(12-8-18)29-27(35)19-9-13-21(33)14-10-19/h3-8,11-12,15-16,19,21,33H,2,9-10,13-14H2,1H3,(H,29,35)(H,30,31)(H,28,32,34)/b4-3-,6-5-. The molecule has 4 N–H and O–H groups in total.